The van der Waals surface area contributed by atoms with Crippen molar-refractivity contribution in [3.05, 3.63) is 12.3 Å². The van der Waals surface area contributed by atoms with Crippen molar-refractivity contribution < 1.29 is 9.47 Å². The smallest absolute Gasteiger partial charge is 0.226 e. The molecule has 1 unspecified atom stereocenters. The number of nitrogens with two attached hydrogens (primary N) is 1. The Labute approximate surface area is 95.2 Å². The van der Waals surface area contributed by atoms with Crippen LogP contribution in [-0.4, -0.2) is 43.4 Å². The van der Waals surface area contributed by atoms with E-state index in [1.807, 2.05) is 0 Å². The van der Waals surface area contributed by atoms with Gasteiger partial charge >= 0.3 is 0 Å². The minimum Gasteiger partial charge on any atom is -0.481 e. The van der Waals surface area contributed by atoms with E-state index in [1.54, 1.807) is 26.5 Å². The Balaban J connectivity index is 2.60. The first-order valence-corrected chi connectivity index (χ1v) is 5.12. The highest BCUT2D eigenvalue weighted by Crippen LogP contribution is 2.09. The quantitative estimate of drug-likeness (QED) is 0.694. The molecule has 0 bridgehead atoms. The molecule has 6 nitrogen and oxygen atoms in total. The largest absolute Gasteiger partial charge is 0.481 e. The van der Waals surface area contributed by atoms with E-state index in [0.717, 1.165) is 6.42 Å². The lowest BCUT2D eigenvalue weighted by Gasteiger charge is -2.16. The molecule has 0 radical (unpaired) electrons. The van der Waals surface area contributed by atoms with Crippen LogP contribution in [0.4, 0.5) is 5.95 Å². The molecule has 6 heteroatoms. The zero-order valence-corrected chi connectivity index (χ0v) is 9.64. The molecule has 90 valence electrons. The van der Waals surface area contributed by atoms with Gasteiger partial charge in [0.15, 0.2) is 0 Å². The van der Waals surface area contributed by atoms with Gasteiger partial charge in [0.2, 0.25) is 11.8 Å². The minimum absolute atomic E-state index is 0.113. The van der Waals surface area contributed by atoms with Gasteiger partial charge in [0.1, 0.15) is 0 Å². The van der Waals surface area contributed by atoms with Gasteiger partial charge in [-0.15, -0.1) is 0 Å². The van der Waals surface area contributed by atoms with Crippen molar-refractivity contribution in [2.45, 2.75) is 12.5 Å². The van der Waals surface area contributed by atoms with Gasteiger partial charge in [-0.1, -0.05) is 0 Å². The van der Waals surface area contributed by atoms with Crippen LogP contribution in [0.15, 0.2) is 12.3 Å². The van der Waals surface area contributed by atoms with Gasteiger partial charge in [0.05, 0.1) is 19.8 Å². The summed E-state index contributed by atoms with van der Waals surface area (Å²) >= 11 is 0. The molecule has 0 aromatic carbocycles. The van der Waals surface area contributed by atoms with Crippen molar-refractivity contribution in [2.75, 3.05) is 32.7 Å². The van der Waals surface area contributed by atoms with Gasteiger partial charge in [-0.05, 0) is 13.0 Å². The number of nitrogens with one attached hydrogen (secondary N) is 1. The van der Waals surface area contributed by atoms with Gasteiger partial charge in [-0.3, -0.25) is 0 Å². The third kappa shape index (κ3) is 4.00. The summed E-state index contributed by atoms with van der Waals surface area (Å²) < 4.78 is 10.1. The number of nitrogens with zero attached hydrogens (tertiary/aromatic N) is 2. The van der Waals surface area contributed by atoms with E-state index in [1.165, 1.54) is 0 Å². The van der Waals surface area contributed by atoms with Gasteiger partial charge in [0, 0.05) is 19.4 Å². The first-order chi connectivity index (χ1) is 7.80. The van der Waals surface area contributed by atoms with Crippen molar-refractivity contribution in [1.29, 1.82) is 0 Å². The molecular weight excluding hydrogens is 208 g/mol. The van der Waals surface area contributed by atoms with Crippen molar-refractivity contribution in [3.63, 3.8) is 0 Å². The van der Waals surface area contributed by atoms with Crippen LogP contribution >= 0.6 is 0 Å². The van der Waals surface area contributed by atoms with E-state index in [4.69, 9.17) is 15.2 Å². The number of hydrogen-bond acceptors (Lipinski definition) is 6. The van der Waals surface area contributed by atoms with Crippen LogP contribution in [0.2, 0.25) is 0 Å². The van der Waals surface area contributed by atoms with Gasteiger partial charge < -0.3 is 20.5 Å². The van der Waals surface area contributed by atoms with Crippen molar-refractivity contribution in [3.8, 4) is 5.88 Å². The fourth-order valence-corrected chi connectivity index (χ4v) is 1.31. The standard InChI is InChI=1S/C10H18N4O2/c1-15-7-8(3-5-11)13-10-12-6-4-9(14-10)16-2/h4,6,8H,3,5,7,11H2,1-2H3,(H,12,13,14). The van der Waals surface area contributed by atoms with E-state index in [2.05, 4.69) is 15.3 Å². The molecule has 0 saturated carbocycles. The molecule has 1 aromatic heterocycles. The molecule has 1 aromatic rings. The molecule has 16 heavy (non-hydrogen) atoms. The zero-order chi connectivity index (χ0) is 11.8. The first-order valence-electron chi connectivity index (χ1n) is 5.12. The van der Waals surface area contributed by atoms with Crippen molar-refractivity contribution in [2.24, 2.45) is 5.73 Å². The summed E-state index contributed by atoms with van der Waals surface area (Å²) in [4.78, 5) is 8.25. The molecule has 0 saturated heterocycles. The second-order valence-corrected chi connectivity index (χ2v) is 3.30. The molecule has 1 heterocycles. The molecule has 0 amide bonds. The lowest BCUT2D eigenvalue weighted by molar-refractivity contribution is 0.183. The molecule has 1 rings (SSSR count). The summed E-state index contributed by atoms with van der Waals surface area (Å²) in [6, 6.07) is 1.81. The monoisotopic (exact) mass is 226 g/mol. The summed E-state index contributed by atoms with van der Waals surface area (Å²) in [5.41, 5.74) is 5.51. The fourth-order valence-electron chi connectivity index (χ4n) is 1.31. The maximum absolute atomic E-state index is 5.51. The normalized spacial score (nSPS) is 12.2. The van der Waals surface area contributed by atoms with Crippen LogP contribution in [0.5, 0.6) is 5.88 Å². The highest BCUT2D eigenvalue weighted by Gasteiger charge is 2.09. The molecule has 1 atom stereocenters. The second kappa shape index (κ2) is 6.97. The van der Waals surface area contributed by atoms with E-state index in [9.17, 15) is 0 Å². The number of methoxy groups -OCH3 is 2. The maximum atomic E-state index is 5.51. The van der Waals surface area contributed by atoms with E-state index < -0.39 is 0 Å². The molecule has 0 aliphatic rings. The third-order valence-corrected chi connectivity index (χ3v) is 2.06. The Bertz CT molecular complexity index is 303. The Kier molecular flexibility index (Phi) is 5.52. The Morgan fingerprint density at radius 2 is 2.31 bits per heavy atom. The van der Waals surface area contributed by atoms with E-state index >= 15 is 0 Å². The fraction of sp³-hybridized carbons (Fsp3) is 0.600. The summed E-state index contributed by atoms with van der Waals surface area (Å²) in [6.45, 7) is 1.16. The predicted molar refractivity (Wildman–Crippen MR) is 61.5 cm³/mol. The van der Waals surface area contributed by atoms with Crippen LogP contribution in [0.3, 0.4) is 0 Å². The first kappa shape index (κ1) is 12.7. The summed E-state index contributed by atoms with van der Waals surface area (Å²) in [7, 11) is 3.22. The summed E-state index contributed by atoms with van der Waals surface area (Å²) in [5, 5.41) is 3.15. The predicted octanol–water partition coefficient (Wildman–Crippen LogP) is 0.261. The third-order valence-electron chi connectivity index (χ3n) is 2.06. The summed E-state index contributed by atoms with van der Waals surface area (Å²) in [5.74, 6) is 1.05. The molecule has 0 fully saturated rings. The molecular formula is C10H18N4O2. The van der Waals surface area contributed by atoms with Crippen LogP contribution in [0.1, 0.15) is 6.42 Å². The maximum Gasteiger partial charge on any atom is 0.226 e. The number of rotatable bonds is 7. The zero-order valence-electron chi connectivity index (χ0n) is 9.64. The average molecular weight is 226 g/mol. The number of ether oxygens (including phenoxy) is 2. The topological polar surface area (TPSA) is 82.3 Å². The van der Waals surface area contributed by atoms with Crippen LogP contribution in [-0.2, 0) is 4.74 Å². The summed E-state index contributed by atoms with van der Waals surface area (Å²) in [6.07, 6.45) is 2.44. The minimum atomic E-state index is 0.113. The SMILES string of the molecule is COCC(CCN)Nc1nccc(OC)n1. The number of anilines is 1. The lowest BCUT2D eigenvalue weighted by Crippen LogP contribution is -2.28. The highest BCUT2D eigenvalue weighted by molar-refractivity contribution is 5.28. The van der Waals surface area contributed by atoms with Gasteiger partial charge in [0.25, 0.3) is 0 Å². The van der Waals surface area contributed by atoms with E-state index in [-0.39, 0.29) is 6.04 Å². The average Bonchev–Trinajstić information content (AvgIpc) is 2.30. The van der Waals surface area contributed by atoms with Gasteiger partial charge in [-0.25, -0.2) is 4.98 Å². The van der Waals surface area contributed by atoms with Gasteiger partial charge in [-0.2, -0.15) is 4.98 Å². The number of hydrogen-bond donors (Lipinski definition) is 2. The number of aromatic nitrogens is 2. The van der Waals surface area contributed by atoms with Crippen molar-refractivity contribution >= 4 is 5.95 Å². The second-order valence-electron chi connectivity index (χ2n) is 3.30. The Hall–Kier alpha value is -1.40. The highest BCUT2D eigenvalue weighted by atomic mass is 16.5. The Morgan fingerprint density at radius 1 is 1.50 bits per heavy atom. The Morgan fingerprint density at radius 3 is 2.94 bits per heavy atom. The van der Waals surface area contributed by atoms with Crippen LogP contribution in [0.25, 0.3) is 0 Å². The molecule has 3 N–H and O–H groups in total. The van der Waals surface area contributed by atoms with Crippen molar-refractivity contribution in [1.82, 2.24) is 9.97 Å². The molecule has 0 aliphatic heterocycles. The van der Waals surface area contributed by atoms with Crippen LogP contribution < -0.4 is 15.8 Å². The lowest BCUT2D eigenvalue weighted by atomic mass is 10.2. The molecule has 0 aliphatic carbocycles. The van der Waals surface area contributed by atoms with Crippen LogP contribution in [0, 0.1) is 0 Å². The van der Waals surface area contributed by atoms with E-state index in [0.29, 0.717) is 25.0 Å². The molecule has 0 spiro atoms.